The molecular weight excluding hydrogens is 265 g/mol. The molecule has 2 N–H and O–H groups in total. The Kier molecular flexibility index (Phi) is 4.04. The van der Waals surface area contributed by atoms with Crippen LogP contribution >= 0.6 is 0 Å². The first kappa shape index (κ1) is 14.2. The third kappa shape index (κ3) is 2.99. The summed E-state index contributed by atoms with van der Waals surface area (Å²) in [5.74, 6) is -0.230. The smallest absolute Gasteiger partial charge is 0.128 e. The molecule has 110 valence electrons. The molecule has 2 unspecified atom stereocenters. The van der Waals surface area contributed by atoms with Crippen molar-refractivity contribution in [1.82, 2.24) is 0 Å². The minimum absolute atomic E-state index is 0.0503. The van der Waals surface area contributed by atoms with Crippen molar-refractivity contribution in [2.75, 3.05) is 6.61 Å². The van der Waals surface area contributed by atoms with Crippen LogP contribution in [0.1, 0.15) is 40.8 Å². The molecule has 21 heavy (non-hydrogen) atoms. The van der Waals surface area contributed by atoms with Crippen LogP contribution in [0.4, 0.5) is 4.39 Å². The third-order valence-corrected chi connectivity index (χ3v) is 4.12. The quantitative estimate of drug-likeness (QED) is 0.930. The van der Waals surface area contributed by atoms with Gasteiger partial charge in [0, 0.05) is 11.6 Å². The van der Waals surface area contributed by atoms with Crippen LogP contribution in [0, 0.1) is 12.7 Å². The van der Waals surface area contributed by atoms with Crippen molar-refractivity contribution in [3.63, 3.8) is 0 Å². The zero-order valence-electron chi connectivity index (χ0n) is 12.2. The summed E-state index contributed by atoms with van der Waals surface area (Å²) in [5.41, 5.74) is 10.2. The first-order chi connectivity index (χ1) is 10.1. The van der Waals surface area contributed by atoms with Gasteiger partial charge in [0.05, 0.1) is 12.7 Å². The van der Waals surface area contributed by atoms with Crippen molar-refractivity contribution in [2.24, 2.45) is 5.73 Å². The molecule has 3 rings (SSSR count). The second-order valence-electron chi connectivity index (χ2n) is 5.68. The van der Waals surface area contributed by atoms with E-state index in [1.54, 1.807) is 6.07 Å². The number of ether oxygens (including phenoxy) is 1. The molecular formula is C18H20FNO. The van der Waals surface area contributed by atoms with Gasteiger partial charge in [0.25, 0.3) is 0 Å². The third-order valence-electron chi connectivity index (χ3n) is 4.12. The number of halogens is 1. The Labute approximate surface area is 124 Å². The second kappa shape index (κ2) is 5.96. The Morgan fingerprint density at radius 3 is 2.90 bits per heavy atom. The van der Waals surface area contributed by atoms with Gasteiger partial charge >= 0.3 is 0 Å². The SMILES string of the molecule is Cc1ccc(C(N)CC2OCCc3ccccc32)c(F)c1. The van der Waals surface area contributed by atoms with E-state index < -0.39 is 0 Å². The van der Waals surface area contributed by atoms with Crippen LogP contribution in [-0.2, 0) is 11.2 Å². The Balaban J connectivity index is 1.81. The number of hydrogen-bond donors (Lipinski definition) is 1. The molecule has 0 fully saturated rings. The molecule has 2 aromatic rings. The van der Waals surface area contributed by atoms with E-state index in [9.17, 15) is 4.39 Å². The van der Waals surface area contributed by atoms with Crippen LogP contribution in [0.3, 0.4) is 0 Å². The Morgan fingerprint density at radius 1 is 1.29 bits per heavy atom. The van der Waals surface area contributed by atoms with E-state index in [-0.39, 0.29) is 18.0 Å². The summed E-state index contributed by atoms with van der Waals surface area (Å²) in [6.45, 7) is 2.57. The lowest BCUT2D eigenvalue weighted by atomic mass is 9.91. The monoisotopic (exact) mass is 285 g/mol. The fourth-order valence-corrected chi connectivity index (χ4v) is 2.96. The van der Waals surface area contributed by atoms with Gasteiger partial charge in [-0.1, -0.05) is 36.4 Å². The minimum Gasteiger partial charge on any atom is -0.373 e. The van der Waals surface area contributed by atoms with E-state index in [2.05, 4.69) is 12.1 Å². The lowest BCUT2D eigenvalue weighted by molar-refractivity contribution is 0.0318. The van der Waals surface area contributed by atoms with Gasteiger partial charge in [-0.3, -0.25) is 0 Å². The highest BCUT2D eigenvalue weighted by Crippen LogP contribution is 2.34. The van der Waals surface area contributed by atoms with Gasteiger partial charge in [-0.15, -0.1) is 0 Å². The molecule has 2 atom stereocenters. The molecule has 0 amide bonds. The fourth-order valence-electron chi connectivity index (χ4n) is 2.96. The maximum atomic E-state index is 14.0. The first-order valence-electron chi connectivity index (χ1n) is 7.36. The first-order valence-corrected chi connectivity index (χ1v) is 7.36. The van der Waals surface area contributed by atoms with E-state index >= 15 is 0 Å². The molecule has 1 heterocycles. The van der Waals surface area contributed by atoms with Gasteiger partial charge in [0.15, 0.2) is 0 Å². The average Bonchev–Trinajstić information content (AvgIpc) is 2.47. The zero-order valence-corrected chi connectivity index (χ0v) is 12.2. The van der Waals surface area contributed by atoms with Gasteiger partial charge < -0.3 is 10.5 Å². The van der Waals surface area contributed by atoms with Crippen LogP contribution in [0.5, 0.6) is 0 Å². The van der Waals surface area contributed by atoms with Gasteiger partial charge in [-0.25, -0.2) is 4.39 Å². The number of nitrogens with two attached hydrogens (primary N) is 1. The molecule has 0 bridgehead atoms. The van der Waals surface area contributed by atoms with Gasteiger partial charge in [0.2, 0.25) is 0 Å². The summed E-state index contributed by atoms with van der Waals surface area (Å²) in [6, 6.07) is 13.1. The van der Waals surface area contributed by atoms with Gasteiger partial charge in [-0.05, 0) is 42.5 Å². The molecule has 2 aromatic carbocycles. The Bertz CT molecular complexity index is 641. The van der Waals surface area contributed by atoms with E-state index in [0.717, 1.165) is 12.0 Å². The summed E-state index contributed by atoms with van der Waals surface area (Å²) in [4.78, 5) is 0. The molecule has 2 nitrogen and oxygen atoms in total. The average molecular weight is 285 g/mol. The minimum atomic E-state index is -0.359. The summed E-state index contributed by atoms with van der Waals surface area (Å²) >= 11 is 0. The Morgan fingerprint density at radius 2 is 2.10 bits per heavy atom. The summed E-state index contributed by atoms with van der Waals surface area (Å²) < 4.78 is 19.9. The summed E-state index contributed by atoms with van der Waals surface area (Å²) in [6.07, 6.45) is 1.48. The van der Waals surface area contributed by atoms with Crippen molar-refractivity contribution >= 4 is 0 Å². The van der Waals surface area contributed by atoms with E-state index in [1.165, 1.54) is 17.2 Å². The number of aryl methyl sites for hydroxylation is 1. The zero-order chi connectivity index (χ0) is 14.8. The highest BCUT2D eigenvalue weighted by Gasteiger charge is 2.24. The number of benzene rings is 2. The van der Waals surface area contributed by atoms with Crippen molar-refractivity contribution in [2.45, 2.75) is 31.9 Å². The second-order valence-corrected chi connectivity index (χ2v) is 5.68. The van der Waals surface area contributed by atoms with Crippen molar-refractivity contribution < 1.29 is 9.13 Å². The van der Waals surface area contributed by atoms with E-state index in [4.69, 9.17) is 10.5 Å². The topological polar surface area (TPSA) is 35.2 Å². The molecule has 0 saturated heterocycles. The molecule has 0 spiro atoms. The van der Waals surface area contributed by atoms with Crippen LogP contribution in [0.25, 0.3) is 0 Å². The maximum Gasteiger partial charge on any atom is 0.128 e. The highest BCUT2D eigenvalue weighted by atomic mass is 19.1. The predicted octanol–water partition coefficient (Wildman–Crippen LogP) is 3.84. The number of fused-ring (bicyclic) bond motifs is 1. The van der Waals surface area contributed by atoms with Gasteiger partial charge in [0.1, 0.15) is 5.82 Å². The van der Waals surface area contributed by atoms with E-state index in [1.807, 2.05) is 25.1 Å². The summed E-state index contributed by atoms with van der Waals surface area (Å²) in [7, 11) is 0. The lowest BCUT2D eigenvalue weighted by Gasteiger charge is -2.28. The normalized spacial score (nSPS) is 19.1. The molecule has 0 aliphatic carbocycles. The van der Waals surface area contributed by atoms with Crippen molar-refractivity contribution in [3.05, 3.63) is 70.5 Å². The maximum absolute atomic E-state index is 14.0. The molecule has 1 aliphatic heterocycles. The van der Waals surface area contributed by atoms with Gasteiger partial charge in [-0.2, -0.15) is 0 Å². The molecule has 0 aromatic heterocycles. The number of hydrogen-bond acceptors (Lipinski definition) is 2. The molecule has 1 aliphatic rings. The Hall–Kier alpha value is -1.71. The fraction of sp³-hybridized carbons (Fsp3) is 0.333. The highest BCUT2D eigenvalue weighted by molar-refractivity contribution is 5.32. The number of rotatable bonds is 3. The molecule has 3 heteroatoms. The largest absolute Gasteiger partial charge is 0.373 e. The van der Waals surface area contributed by atoms with Crippen molar-refractivity contribution in [1.29, 1.82) is 0 Å². The molecule has 0 radical (unpaired) electrons. The predicted molar refractivity (Wildman–Crippen MR) is 81.5 cm³/mol. The standard InChI is InChI=1S/C18H20FNO/c1-12-6-7-15(16(19)10-12)17(20)11-18-14-5-3-2-4-13(14)8-9-21-18/h2-7,10,17-18H,8-9,11,20H2,1H3. The summed E-state index contributed by atoms with van der Waals surface area (Å²) in [5, 5.41) is 0. The van der Waals surface area contributed by atoms with Crippen LogP contribution < -0.4 is 5.73 Å². The van der Waals surface area contributed by atoms with Crippen LogP contribution in [0.2, 0.25) is 0 Å². The lowest BCUT2D eigenvalue weighted by Crippen LogP contribution is -2.22. The van der Waals surface area contributed by atoms with Crippen LogP contribution in [0.15, 0.2) is 42.5 Å². The molecule has 0 saturated carbocycles. The van der Waals surface area contributed by atoms with Crippen LogP contribution in [-0.4, -0.2) is 6.61 Å². The van der Waals surface area contributed by atoms with E-state index in [0.29, 0.717) is 18.6 Å². The van der Waals surface area contributed by atoms with Crippen molar-refractivity contribution in [3.8, 4) is 0 Å².